The number of hydrogen-bond acceptors (Lipinski definition) is 5. The fourth-order valence-corrected chi connectivity index (χ4v) is 2.59. The molecule has 0 aromatic carbocycles. The van der Waals surface area contributed by atoms with Gasteiger partial charge in [-0.25, -0.2) is 0 Å². The molecule has 1 amide bonds. The minimum absolute atomic E-state index is 0.166. The van der Waals surface area contributed by atoms with Gasteiger partial charge < -0.3 is 19.6 Å². The quantitative estimate of drug-likeness (QED) is 0.855. The van der Waals surface area contributed by atoms with Crippen LogP contribution in [0.25, 0.3) is 10.6 Å². The van der Waals surface area contributed by atoms with Gasteiger partial charge in [-0.1, -0.05) is 0 Å². The van der Waals surface area contributed by atoms with Gasteiger partial charge in [-0.15, -0.1) is 11.3 Å². The molecule has 2 aromatic heterocycles. The maximum absolute atomic E-state index is 11.9. The number of aliphatic hydroxyl groups is 1. The second-order valence-electron chi connectivity index (χ2n) is 4.39. The van der Waals surface area contributed by atoms with E-state index >= 15 is 0 Å². The number of thiophene rings is 1. The van der Waals surface area contributed by atoms with Crippen LogP contribution < -0.4 is 5.32 Å². The number of carbonyl (C=O) groups is 1. The normalized spacial score (nSPS) is 12.3. The fraction of sp³-hybridized carbons (Fsp3) is 0.357. The molecule has 5 nitrogen and oxygen atoms in total. The maximum atomic E-state index is 11.9. The Balaban J connectivity index is 1.96. The molecule has 2 aromatic rings. The molecule has 0 saturated carbocycles. The molecule has 0 aliphatic heterocycles. The Hall–Kier alpha value is -1.63. The molecule has 20 heavy (non-hydrogen) atoms. The minimum atomic E-state index is -0.698. The smallest absolute Gasteiger partial charge is 0.261 e. The van der Waals surface area contributed by atoms with Crippen molar-refractivity contribution < 1.29 is 19.1 Å². The molecule has 1 atom stereocenters. The van der Waals surface area contributed by atoms with Gasteiger partial charge >= 0.3 is 0 Å². The first-order valence-corrected chi connectivity index (χ1v) is 7.03. The number of hydrogen-bond donors (Lipinski definition) is 2. The van der Waals surface area contributed by atoms with Crippen LogP contribution in [0.2, 0.25) is 0 Å². The summed E-state index contributed by atoms with van der Waals surface area (Å²) >= 11 is 1.35. The molecule has 0 aliphatic rings. The van der Waals surface area contributed by atoms with Gasteiger partial charge in [0.1, 0.15) is 11.5 Å². The molecule has 0 saturated heterocycles. The lowest BCUT2D eigenvalue weighted by atomic mass is 10.3. The van der Waals surface area contributed by atoms with Gasteiger partial charge in [0, 0.05) is 13.7 Å². The first-order valence-electron chi connectivity index (χ1n) is 6.22. The molecule has 0 aliphatic carbocycles. The average Bonchev–Trinajstić information content (AvgIpc) is 3.04. The van der Waals surface area contributed by atoms with E-state index in [9.17, 15) is 9.90 Å². The molecule has 108 valence electrons. The van der Waals surface area contributed by atoms with Crippen molar-refractivity contribution in [3.05, 3.63) is 34.9 Å². The number of aryl methyl sites for hydroxylation is 1. The molecule has 0 spiro atoms. The van der Waals surface area contributed by atoms with Crippen LogP contribution in [0, 0.1) is 6.92 Å². The fourth-order valence-electron chi connectivity index (χ4n) is 1.71. The highest BCUT2D eigenvalue weighted by molar-refractivity contribution is 7.17. The summed E-state index contributed by atoms with van der Waals surface area (Å²) in [5, 5.41) is 12.1. The second-order valence-corrected chi connectivity index (χ2v) is 5.48. The van der Waals surface area contributed by atoms with Gasteiger partial charge in [0.25, 0.3) is 5.91 Å². The van der Waals surface area contributed by atoms with Crippen molar-refractivity contribution in [1.29, 1.82) is 0 Å². The second kappa shape index (κ2) is 6.69. The van der Waals surface area contributed by atoms with Gasteiger partial charge in [0.15, 0.2) is 0 Å². The zero-order valence-corrected chi connectivity index (χ0v) is 12.2. The molecule has 6 heteroatoms. The third-order valence-electron chi connectivity index (χ3n) is 2.67. The largest absolute Gasteiger partial charge is 0.461 e. The summed E-state index contributed by atoms with van der Waals surface area (Å²) in [6.07, 6.45) is -0.698. The van der Waals surface area contributed by atoms with Crippen LogP contribution in [0.4, 0.5) is 0 Å². The number of carbonyl (C=O) groups excluding carboxylic acids is 1. The van der Waals surface area contributed by atoms with Crippen LogP contribution in [0.5, 0.6) is 0 Å². The SMILES string of the molecule is COC[C@H](O)CNC(=O)c1ccc(-c2ccc(C)o2)s1. The summed E-state index contributed by atoms with van der Waals surface area (Å²) in [5.41, 5.74) is 0. The molecule has 2 rings (SSSR count). The predicted octanol–water partition coefficient (Wildman–Crippen LogP) is 2.05. The van der Waals surface area contributed by atoms with E-state index in [1.165, 1.54) is 18.4 Å². The van der Waals surface area contributed by atoms with Gasteiger partial charge in [-0.2, -0.15) is 0 Å². The zero-order valence-electron chi connectivity index (χ0n) is 11.4. The van der Waals surface area contributed by atoms with Crippen molar-refractivity contribution >= 4 is 17.2 Å². The summed E-state index contributed by atoms with van der Waals surface area (Å²) in [5.74, 6) is 1.38. The van der Waals surface area contributed by atoms with Crippen molar-refractivity contribution in [3.8, 4) is 10.6 Å². The number of aliphatic hydroxyl groups excluding tert-OH is 1. The van der Waals surface area contributed by atoms with E-state index in [1.54, 1.807) is 6.07 Å². The first kappa shape index (κ1) is 14.8. The first-order chi connectivity index (χ1) is 9.60. The minimum Gasteiger partial charge on any atom is -0.461 e. The van der Waals surface area contributed by atoms with Crippen LogP contribution in [0.1, 0.15) is 15.4 Å². The van der Waals surface area contributed by atoms with Crippen molar-refractivity contribution in [3.63, 3.8) is 0 Å². The van der Waals surface area contributed by atoms with Crippen molar-refractivity contribution in [2.45, 2.75) is 13.0 Å². The molecule has 0 fully saturated rings. The lowest BCUT2D eigenvalue weighted by molar-refractivity contribution is 0.0611. The Bertz CT molecular complexity index is 575. The number of nitrogens with one attached hydrogen (secondary N) is 1. The highest BCUT2D eigenvalue weighted by atomic mass is 32.1. The Kier molecular flexibility index (Phi) is 4.94. The molecular formula is C14H17NO4S. The summed E-state index contributed by atoms with van der Waals surface area (Å²) in [6.45, 7) is 2.24. The Labute approximate surface area is 121 Å². The zero-order chi connectivity index (χ0) is 14.5. The maximum Gasteiger partial charge on any atom is 0.261 e. The Morgan fingerprint density at radius 3 is 2.90 bits per heavy atom. The van der Waals surface area contributed by atoms with Crippen molar-refractivity contribution in [1.82, 2.24) is 5.32 Å². The molecule has 0 radical (unpaired) electrons. The van der Waals surface area contributed by atoms with Crippen LogP contribution in [0.3, 0.4) is 0 Å². The number of rotatable bonds is 6. The summed E-state index contributed by atoms with van der Waals surface area (Å²) < 4.78 is 10.3. The van der Waals surface area contributed by atoms with Gasteiger partial charge in [-0.05, 0) is 31.2 Å². The average molecular weight is 295 g/mol. The number of furan rings is 1. The highest BCUT2D eigenvalue weighted by Crippen LogP contribution is 2.29. The van der Waals surface area contributed by atoms with E-state index in [2.05, 4.69) is 5.32 Å². The van der Waals surface area contributed by atoms with Crippen LogP contribution >= 0.6 is 11.3 Å². The summed E-state index contributed by atoms with van der Waals surface area (Å²) in [4.78, 5) is 13.4. The summed E-state index contributed by atoms with van der Waals surface area (Å²) in [7, 11) is 1.50. The van der Waals surface area contributed by atoms with E-state index in [1.807, 2.05) is 25.1 Å². The molecular weight excluding hydrogens is 278 g/mol. The lowest BCUT2D eigenvalue weighted by Gasteiger charge is -2.09. The highest BCUT2D eigenvalue weighted by Gasteiger charge is 2.13. The van der Waals surface area contributed by atoms with E-state index in [-0.39, 0.29) is 19.1 Å². The van der Waals surface area contributed by atoms with Gasteiger partial charge in [0.2, 0.25) is 0 Å². The number of amides is 1. The van der Waals surface area contributed by atoms with Crippen molar-refractivity contribution in [2.75, 3.05) is 20.3 Å². The van der Waals surface area contributed by atoms with Crippen LogP contribution in [-0.4, -0.2) is 37.4 Å². The standard InChI is InChI=1S/C14H17NO4S/c1-9-3-4-11(19-9)12-5-6-13(20-12)14(17)15-7-10(16)8-18-2/h3-6,10,16H,7-8H2,1-2H3,(H,15,17)/t10-/m1/s1. The summed E-state index contributed by atoms with van der Waals surface area (Å²) in [6, 6.07) is 7.36. The van der Waals surface area contributed by atoms with Gasteiger partial charge in [0.05, 0.1) is 22.5 Å². The van der Waals surface area contributed by atoms with E-state index in [4.69, 9.17) is 9.15 Å². The topological polar surface area (TPSA) is 71.7 Å². The molecule has 2 heterocycles. The van der Waals surface area contributed by atoms with Crippen LogP contribution in [-0.2, 0) is 4.74 Å². The molecule has 0 unspecified atom stereocenters. The monoisotopic (exact) mass is 295 g/mol. The Morgan fingerprint density at radius 1 is 1.45 bits per heavy atom. The Morgan fingerprint density at radius 2 is 2.25 bits per heavy atom. The predicted molar refractivity (Wildman–Crippen MR) is 77.0 cm³/mol. The lowest BCUT2D eigenvalue weighted by Crippen LogP contribution is -2.33. The number of methoxy groups -OCH3 is 1. The van der Waals surface area contributed by atoms with E-state index in [0.717, 1.165) is 16.4 Å². The van der Waals surface area contributed by atoms with E-state index in [0.29, 0.717) is 4.88 Å². The van der Waals surface area contributed by atoms with Gasteiger partial charge in [-0.3, -0.25) is 4.79 Å². The third kappa shape index (κ3) is 3.69. The van der Waals surface area contributed by atoms with Crippen molar-refractivity contribution in [2.24, 2.45) is 0 Å². The van der Waals surface area contributed by atoms with Crippen LogP contribution in [0.15, 0.2) is 28.7 Å². The number of ether oxygens (including phenoxy) is 1. The molecule has 2 N–H and O–H groups in total. The molecule has 0 bridgehead atoms. The third-order valence-corrected chi connectivity index (χ3v) is 3.77. The van der Waals surface area contributed by atoms with E-state index < -0.39 is 6.10 Å².